The number of aromatic nitrogens is 2. The molecule has 1 heterocycles. The van der Waals surface area contributed by atoms with Gasteiger partial charge in [-0.15, -0.1) is 0 Å². The van der Waals surface area contributed by atoms with E-state index in [1.165, 1.54) is 0 Å². The quantitative estimate of drug-likeness (QED) is 0.912. The molecule has 15 heavy (non-hydrogen) atoms. The maximum atomic E-state index is 11.6. The molecule has 82 valence electrons. The highest BCUT2D eigenvalue weighted by Gasteiger charge is 2.28. The van der Waals surface area contributed by atoms with Crippen molar-refractivity contribution in [2.24, 2.45) is 0 Å². The van der Waals surface area contributed by atoms with Crippen LogP contribution in [0.1, 0.15) is 37.2 Å². The molecule has 0 aromatic carbocycles. The molecular weight excluding hydrogens is 260 g/mol. The molecule has 1 aliphatic carbocycles. The van der Waals surface area contributed by atoms with Crippen molar-refractivity contribution in [1.82, 2.24) is 9.97 Å². The van der Waals surface area contributed by atoms with Crippen molar-refractivity contribution in [3.05, 3.63) is 26.3 Å². The third-order valence-corrected chi connectivity index (χ3v) is 3.11. The summed E-state index contributed by atoms with van der Waals surface area (Å²) in [6, 6.07) is 0. The standard InChI is InChI=1S/C10H13BrN2O2/c1-2-15-5-7-12-9(6-3-4-6)8(11)10(14)13-7/h6H,2-5H2,1H3,(H,12,13,14). The minimum Gasteiger partial charge on any atom is -0.374 e. The maximum absolute atomic E-state index is 11.6. The SMILES string of the molecule is CCOCc1nc(C2CC2)c(Br)c(=O)[nH]1. The molecule has 1 aromatic rings. The van der Waals surface area contributed by atoms with E-state index >= 15 is 0 Å². The van der Waals surface area contributed by atoms with Crippen LogP contribution in [-0.2, 0) is 11.3 Å². The first-order valence-electron chi connectivity index (χ1n) is 5.08. The summed E-state index contributed by atoms with van der Waals surface area (Å²) in [5.41, 5.74) is 0.773. The Labute approximate surface area is 96.2 Å². The first kappa shape index (κ1) is 10.8. The van der Waals surface area contributed by atoms with Gasteiger partial charge in [-0.2, -0.15) is 0 Å². The van der Waals surface area contributed by atoms with E-state index in [0.29, 0.717) is 29.4 Å². The normalized spacial score (nSPS) is 15.6. The Morgan fingerprint density at radius 2 is 2.33 bits per heavy atom. The van der Waals surface area contributed by atoms with Crippen molar-refractivity contribution in [1.29, 1.82) is 0 Å². The summed E-state index contributed by atoms with van der Waals surface area (Å²) in [5.74, 6) is 1.08. The van der Waals surface area contributed by atoms with E-state index in [4.69, 9.17) is 4.74 Å². The summed E-state index contributed by atoms with van der Waals surface area (Å²) in [6.45, 7) is 2.91. The van der Waals surface area contributed by atoms with Gasteiger partial charge in [-0.25, -0.2) is 4.98 Å². The lowest BCUT2D eigenvalue weighted by molar-refractivity contribution is 0.128. The van der Waals surface area contributed by atoms with Crippen molar-refractivity contribution < 1.29 is 4.74 Å². The summed E-state index contributed by atoms with van der Waals surface area (Å²) in [4.78, 5) is 18.7. The van der Waals surface area contributed by atoms with Crippen LogP contribution >= 0.6 is 15.9 Å². The third kappa shape index (κ3) is 2.46. The van der Waals surface area contributed by atoms with Crippen LogP contribution in [0.5, 0.6) is 0 Å². The van der Waals surface area contributed by atoms with Crippen LogP contribution < -0.4 is 5.56 Å². The van der Waals surface area contributed by atoms with Gasteiger partial charge in [-0.3, -0.25) is 4.79 Å². The van der Waals surface area contributed by atoms with Gasteiger partial charge in [0.1, 0.15) is 16.9 Å². The van der Waals surface area contributed by atoms with Gasteiger partial charge in [0.05, 0.1) is 5.69 Å². The topological polar surface area (TPSA) is 55.0 Å². The second-order valence-corrected chi connectivity index (χ2v) is 4.42. The van der Waals surface area contributed by atoms with E-state index in [0.717, 1.165) is 18.5 Å². The van der Waals surface area contributed by atoms with E-state index in [1.807, 2.05) is 6.92 Å². The molecule has 1 aromatic heterocycles. The zero-order valence-corrected chi connectivity index (χ0v) is 10.1. The molecule has 0 radical (unpaired) electrons. The van der Waals surface area contributed by atoms with E-state index in [9.17, 15) is 4.79 Å². The Kier molecular flexibility index (Phi) is 3.21. The highest BCUT2D eigenvalue weighted by molar-refractivity contribution is 9.10. The van der Waals surface area contributed by atoms with E-state index in [-0.39, 0.29) is 5.56 Å². The Balaban J connectivity index is 2.29. The van der Waals surface area contributed by atoms with Crippen LogP contribution in [0.3, 0.4) is 0 Å². The number of ether oxygens (including phenoxy) is 1. The fourth-order valence-corrected chi connectivity index (χ4v) is 1.93. The summed E-state index contributed by atoms with van der Waals surface area (Å²) < 4.78 is 5.80. The minimum atomic E-state index is -0.110. The zero-order valence-electron chi connectivity index (χ0n) is 8.55. The summed E-state index contributed by atoms with van der Waals surface area (Å²) >= 11 is 3.28. The molecule has 0 spiro atoms. The van der Waals surface area contributed by atoms with Gasteiger partial charge in [0, 0.05) is 12.5 Å². The molecule has 0 saturated heterocycles. The van der Waals surface area contributed by atoms with E-state index in [2.05, 4.69) is 25.9 Å². The van der Waals surface area contributed by atoms with Gasteiger partial charge >= 0.3 is 0 Å². The number of nitrogens with one attached hydrogen (secondary N) is 1. The van der Waals surface area contributed by atoms with Crippen molar-refractivity contribution in [3.8, 4) is 0 Å². The van der Waals surface area contributed by atoms with Gasteiger partial charge in [0.25, 0.3) is 5.56 Å². The molecule has 0 atom stereocenters. The Morgan fingerprint density at radius 3 is 2.93 bits per heavy atom. The zero-order chi connectivity index (χ0) is 10.8. The van der Waals surface area contributed by atoms with Gasteiger partial charge in [0.2, 0.25) is 0 Å². The van der Waals surface area contributed by atoms with Crippen LogP contribution in [0.25, 0.3) is 0 Å². The molecule has 5 heteroatoms. The predicted molar refractivity (Wildman–Crippen MR) is 59.9 cm³/mol. The van der Waals surface area contributed by atoms with E-state index in [1.54, 1.807) is 0 Å². The highest BCUT2D eigenvalue weighted by Crippen LogP contribution is 2.41. The van der Waals surface area contributed by atoms with Crippen LogP contribution in [0.15, 0.2) is 9.27 Å². The molecule has 4 nitrogen and oxygen atoms in total. The molecule has 1 fully saturated rings. The molecular formula is C10H13BrN2O2. The first-order valence-corrected chi connectivity index (χ1v) is 5.88. The van der Waals surface area contributed by atoms with Crippen LogP contribution in [0.4, 0.5) is 0 Å². The van der Waals surface area contributed by atoms with Gasteiger partial charge in [0.15, 0.2) is 0 Å². The molecule has 0 amide bonds. The third-order valence-electron chi connectivity index (χ3n) is 2.34. The Bertz CT molecular complexity index is 412. The van der Waals surface area contributed by atoms with E-state index < -0.39 is 0 Å². The van der Waals surface area contributed by atoms with Crippen molar-refractivity contribution >= 4 is 15.9 Å². The summed E-state index contributed by atoms with van der Waals surface area (Å²) in [7, 11) is 0. The monoisotopic (exact) mass is 272 g/mol. The Morgan fingerprint density at radius 1 is 1.60 bits per heavy atom. The molecule has 0 unspecified atom stereocenters. The second-order valence-electron chi connectivity index (χ2n) is 3.62. The van der Waals surface area contributed by atoms with Crippen molar-refractivity contribution in [3.63, 3.8) is 0 Å². The van der Waals surface area contributed by atoms with Crippen molar-refractivity contribution in [2.75, 3.05) is 6.61 Å². The molecule has 1 saturated carbocycles. The lowest BCUT2D eigenvalue weighted by Gasteiger charge is -2.05. The van der Waals surface area contributed by atoms with Crippen LogP contribution in [0.2, 0.25) is 0 Å². The number of hydrogen-bond donors (Lipinski definition) is 1. The Hall–Kier alpha value is -0.680. The average molecular weight is 273 g/mol. The van der Waals surface area contributed by atoms with Crippen molar-refractivity contribution in [2.45, 2.75) is 32.3 Å². The maximum Gasteiger partial charge on any atom is 0.265 e. The summed E-state index contributed by atoms with van der Waals surface area (Å²) in [6.07, 6.45) is 2.26. The average Bonchev–Trinajstić information content (AvgIpc) is 3.03. The molecule has 1 aliphatic rings. The smallest absolute Gasteiger partial charge is 0.265 e. The first-order chi connectivity index (χ1) is 7.22. The number of rotatable bonds is 4. The molecule has 0 aliphatic heterocycles. The van der Waals surface area contributed by atoms with Crippen LogP contribution in [-0.4, -0.2) is 16.6 Å². The number of H-pyrrole nitrogens is 1. The lowest BCUT2D eigenvalue weighted by Crippen LogP contribution is -2.16. The van der Waals surface area contributed by atoms with Crippen LogP contribution in [0, 0.1) is 0 Å². The van der Waals surface area contributed by atoms with Gasteiger partial charge < -0.3 is 9.72 Å². The predicted octanol–water partition coefficient (Wildman–Crippen LogP) is 1.95. The fourth-order valence-electron chi connectivity index (χ4n) is 1.42. The molecule has 1 N–H and O–H groups in total. The largest absolute Gasteiger partial charge is 0.374 e. The van der Waals surface area contributed by atoms with Gasteiger partial charge in [-0.1, -0.05) is 0 Å². The number of halogens is 1. The minimum absolute atomic E-state index is 0.110. The molecule has 2 rings (SSSR count). The second kappa shape index (κ2) is 4.45. The molecule has 0 bridgehead atoms. The summed E-state index contributed by atoms with van der Waals surface area (Å²) in [5, 5.41) is 0. The van der Waals surface area contributed by atoms with Gasteiger partial charge in [-0.05, 0) is 35.7 Å². The number of hydrogen-bond acceptors (Lipinski definition) is 3. The highest BCUT2D eigenvalue weighted by atomic mass is 79.9. The number of nitrogens with zero attached hydrogens (tertiary/aromatic N) is 1. The lowest BCUT2D eigenvalue weighted by atomic mass is 10.3. The fraction of sp³-hybridized carbons (Fsp3) is 0.600. The number of aromatic amines is 1.